The Balaban J connectivity index is 1.66. The highest BCUT2D eigenvalue weighted by atomic mass is 28.4. The van der Waals surface area contributed by atoms with Gasteiger partial charge in [0, 0.05) is 24.1 Å². The van der Waals surface area contributed by atoms with Gasteiger partial charge in [0.15, 0.2) is 14.1 Å². The molecule has 1 aromatic heterocycles. The van der Waals surface area contributed by atoms with Crippen LogP contribution in [-0.2, 0) is 10.8 Å². The lowest BCUT2D eigenvalue weighted by Crippen LogP contribution is -2.30. The molecule has 33 heavy (non-hydrogen) atoms. The highest BCUT2D eigenvalue weighted by Crippen LogP contribution is 2.20. The molecule has 0 saturated heterocycles. The van der Waals surface area contributed by atoms with Crippen molar-refractivity contribution in [1.29, 1.82) is 0 Å². The van der Waals surface area contributed by atoms with Gasteiger partial charge in [-0.25, -0.2) is 9.97 Å². The Morgan fingerprint density at radius 3 is 2.03 bits per heavy atom. The van der Waals surface area contributed by atoms with Crippen molar-refractivity contribution in [1.82, 2.24) is 9.97 Å². The van der Waals surface area contributed by atoms with Gasteiger partial charge in [0.25, 0.3) is 0 Å². The lowest BCUT2D eigenvalue weighted by molar-refractivity contribution is 0.200. The van der Waals surface area contributed by atoms with Crippen molar-refractivity contribution in [2.24, 2.45) is 0 Å². The maximum absolute atomic E-state index is 6.12. The van der Waals surface area contributed by atoms with Crippen LogP contribution in [0.2, 0.25) is 19.6 Å². The molecule has 0 aliphatic rings. The molecule has 0 saturated carbocycles. The molecule has 0 aliphatic carbocycles. The van der Waals surface area contributed by atoms with Crippen molar-refractivity contribution in [3.05, 3.63) is 42.2 Å². The van der Waals surface area contributed by atoms with E-state index in [4.69, 9.17) is 9.16 Å². The molecule has 1 aromatic carbocycles. The number of rotatable bonds is 17. The summed E-state index contributed by atoms with van der Waals surface area (Å²) in [6.45, 7) is 12.0. The van der Waals surface area contributed by atoms with Gasteiger partial charge in [0.2, 0.25) is 0 Å². The minimum Gasteiger partial charge on any atom is -0.494 e. The van der Waals surface area contributed by atoms with Crippen molar-refractivity contribution < 1.29 is 9.16 Å². The lowest BCUT2D eigenvalue weighted by atomic mass is 10.1. The van der Waals surface area contributed by atoms with E-state index in [9.17, 15) is 0 Å². The number of benzene rings is 1. The molecule has 0 radical (unpaired) electrons. The van der Waals surface area contributed by atoms with E-state index in [1.54, 1.807) is 0 Å². The first-order valence-corrected chi connectivity index (χ1v) is 16.5. The fourth-order valence-electron chi connectivity index (χ4n) is 4.02. The fourth-order valence-corrected chi connectivity index (χ4v) is 5.34. The van der Waals surface area contributed by atoms with Crippen molar-refractivity contribution in [3.63, 3.8) is 0 Å². The number of aromatic nitrogens is 2. The first kappa shape index (κ1) is 27.5. The Kier molecular flexibility index (Phi) is 12.7. The fraction of sp³-hybridized carbons (Fsp3) is 0.643. The molecule has 1 heterocycles. The van der Waals surface area contributed by atoms with Gasteiger partial charge in [-0.05, 0) is 82.1 Å². The quantitative estimate of drug-likeness (QED) is 0.172. The zero-order valence-electron chi connectivity index (χ0n) is 21.7. The van der Waals surface area contributed by atoms with E-state index in [1.807, 2.05) is 36.7 Å². The molecule has 2 rings (SSSR count). The maximum Gasteiger partial charge on any atom is 0.184 e. The number of hydrogen-bond acceptors (Lipinski definition) is 4. The number of ether oxygens (including phenoxy) is 1. The summed E-state index contributed by atoms with van der Waals surface area (Å²) in [5.41, 5.74) is 2.21. The molecular weight excluding hydrogens is 424 g/mol. The van der Waals surface area contributed by atoms with Crippen molar-refractivity contribution in [2.45, 2.75) is 110 Å². The summed E-state index contributed by atoms with van der Waals surface area (Å²) in [6, 6.07) is 8.15. The summed E-state index contributed by atoms with van der Waals surface area (Å²) < 4.78 is 12.0. The molecule has 0 fully saturated rings. The van der Waals surface area contributed by atoms with Gasteiger partial charge in [-0.2, -0.15) is 0 Å². The van der Waals surface area contributed by atoms with Gasteiger partial charge in [0.1, 0.15) is 5.75 Å². The van der Waals surface area contributed by atoms with Crippen LogP contribution >= 0.6 is 0 Å². The SMILES string of the molecule is CCCCCCCCCCOc1ccc(-c2ncc(CCCC(C)O[Si](C)(C)C)cn2)cc1. The third-order valence-electron chi connectivity index (χ3n) is 5.72. The van der Waals surface area contributed by atoms with E-state index in [0.29, 0.717) is 6.10 Å². The summed E-state index contributed by atoms with van der Waals surface area (Å²) in [4.78, 5) is 9.16. The van der Waals surface area contributed by atoms with Crippen LogP contribution in [0, 0.1) is 0 Å². The zero-order chi connectivity index (χ0) is 23.9. The van der Waals surface area contributed by atoms with E-state index >= 15 is 0 Å². The number of aryl methyl sites for hydroxylation is 1. The predicted octanol–water partition coefficient (Wildman–Crippen LogP) is 8.23. The Bertz CT molecular complexity index is 757. The molecule has 0 aliphatic heterocycles. The molecule has 0 amide bonds. The second-order valence-corrected chi connectivity index (χ2v) is 14.7. The lowest BCUT2D eigenvalue weighted by Gasteiger charge is -2.23. The molecule has 0 bridgehead atoms. The standard InChI is InChI=1S/C28H46N2O2Si/c1-6-7-8-9-10-11-12-13-21-31-27-19-17-26(18-20-27)28-29-22-25(23-30-28)16-14-15-24(2)32-33(3,4)5/h17-20,22-24H,6-16,21H2,1-5H3. The van der Waals surface area contributed by atoms with Crippen LogP contribution in [0.1, 0.15) is 83.6 Å². The molecular formula is C28H46N2O2Si. The Morgan fingerprint density at radius 1 is 0.818 bits per heavy atom. The summed E-state index contributed by atoms with van der Waals surface area (Å²) in [7, 11) is -1.45. The van der Waals surface area contributed by atoms with Gasteiger partial charge >= 0.3 is 0 Å². The third kappa shape index (κ3) is 12.3. The summed E-state index contributed by atoms with van der Waals surface area (Å²) in [6.07, 6.45) is 17.9. The van der Waals surface area contributed by atoms with Crippen LogP contribution in [0.4, 0.5) is 0 Å². The zero-order valence-corrected chi connectivity index (χ0v) is 22.7. The molecule has 0 spiro atoms. The normalized spacial score (nSPS) is 12.6. The number of hydrogen-bond donors (Lipinski definition) is 0. The smallest absolute Gasteiger partial charge is 0.184 e. The van der Waals surface area contributed by atoms with E-state index < -0.39 is 8.32 Å². The summed E-state index contributed by atoms with van der Waals surface area (Å²) in [5.74, 6) is 1.69. The topological polar surface area (TPSA) is 44.2 Å². The van der Waals surface area contributed by atoms with Gasteiger partial charge in [-0.15, -0.1) is 0 Å². The van der Waals surface area contributed by atoms with E-state index in [-0.39, 0.29) is 0 Å². The highest BCUT2D eigenvalue weighted by molar-refractivity contribution is 6.69. The number of unbranched alkanes of at least 4 members (excludes halogenated alkanes) is 7. The first-order chi connectivity index (χ1) is 15.9. The van der Waals surface area contributed by atoms with E-state index in [1.165, 1.54) is 50.5 Å². The van der Waals surface area contributed by atoms with Crippen molar-refractivity contribution >= 4 is 8.32 Å². The Labute approximate surface area is 203 Å². The number of nitrogens with zero attached hydrogens (tertiary/aromatic N) is 2. The van der Waals surface area contributed by atoms with Crippen LogP contribution in [0.3, 0.4) is 0 Å². The molecule has 0 N–H and O–H groups in total. The van der Waals surface area contributed by atoms with Crippen molar-refractivity contribution in [3.8, 4) is 17.1 Å². The van der Waals surface area contributed by atoms with Gasteiger partial charge in [0.05, 0.1) is 6.61 Å². The minimum absolute atomic E-state index is 0.327. The molecule has 2 aromatic rings. The van der Waals surface area contributed by atoms with Gasteiger partial charge < -0.3 is 9.16 Å². The molecule has 184 valence electrons. The van der Waals surface area contributed by atoms with Crippen LogP contribution in [0.15, 0.2) is 36.7 Å². The summed E-state index contributed by atoms with van der Waals surface area (Å²) in [5, 5.41) is 0. The van der Waals surface area contributed by atoms with Gasteiger partial charge in [-0.1, -0.05) is 51.9 Å². The first-order valence-electron chi connectivity index (χ1n) is 13.1. The van der Waals surface area contributed by atoms with Crippen LogP contribution in [0.25, 0.3) is 11.4 Å². The second-order valence-electron chi connectivity index (χ2n) is 10.2. The monoisotopic (exact) mass is 470 g/mol. The predicted molar refractivity (Wildman–Crippen MR) is 142 cm³/mol. The largest absolute Gasteiger partial charge is 0.494 e. The molecule has 1 unspecified atom stereocenters. The molecule has 5 heteroatoms. The van der Waals surface area contributed by atoms with E-state index in [2.05, 4.69) is 43.5 Å². The second kappa shape index (κ2) is 15.2. The highest BCUT2D eigenvalue weighted by Gasteiger charge is 2.17. The Morgan fingerprint density at radius 2 is 1.42 bits per heavy atom. The third-order valence-corrected chi connectivity index (χ3v) is 6.82. The van der Waals surface area contributed by atoms with E-state index in [0.717, 1.165) is 49.4 Å². The summed E-state index contributed by atoms with van der Waals surface area (Å²) >= 11 is 0. The maximum atomic E-state index is 6.12. The average Bonchev–Trinajstić information content (AvgIpc) is 2.78. The van der Waals surface area contributed by atoms with Crippen molar-refractivity contribution in [2.75, 3.05) is 6.61 Å². The molecule has 4 nitrogen and oxygen atoms in total. The van der Waals surface area contributed by atoms with Crippen LogP contribution < -0.4 is 4.74 Å². The minimum atomic E-state index is -1.45. The Hall–Kier alpha value is -1.72. The molecule has 1 atom stereocenters. The van der Waals surface area contributed by atoms with Crippen LogP contribution in [0.5, 0.6) is 5.75 Å². The van der Waals surface area contributed by atoms with Crippen LogP contribution in [-0.4, -0.2) is 31.0 Å². The van der Waals surface area contributed by atoms with Gasteiger partial charge in [-0.3, -0.25) is 0 Å². The average molecular weight is 471 g/mol.